The first-order valence-corrected chi connectivity index (χ1v) is 14.3. The lowest BCUT2D eigenvalue weighted by Crippen LogP contribution is -2.01. The molecule has 0 heterocycles. The first-order valence-electron chi connectivity index (χ1n) is 14.3. The zero-order chi connectivity index (χ0) is 21.3. The highest BCUT2D eigenvalue weighted by Gasteiger charge is 2.08. The van der Waals surface area contributed by atoms with Crippen molar-refractivity contribution in [3.63, 3.8) is 0 Å². The molecule has 0 aliphatic heterocycles. The zero-order valence-corrected chi connectivity index (χ0v) is 21.3. The molecule has 0 heteroatoms. The Morgan fingerprint density at radius 2 is 0.483 bits per heavy atom. The van der Waals surface area contributed by atoms with Crippen molar-refractivity contribution in [2.24, 2.45) is 5.92 Å². The molecule has 0 saturated carbocycles. The summed E-state index contributed by atoms with van der Waals surface area (Å²) in [5.74, 6) is 1.04. The second-order valence-electron chi connectivity index (χ2n) is 9.95. The Hall–Kier alpha value is 0. The van der Waals surface area contributed by atoms with Gasteiger partial charge in [-0.05, 0) is 5.92 Å². The van der Waals surface area contributed by atoms with Gasteiger partial charge >= 0.3 is 0 Å². The molecule has 0 radical (unpaired) electrons. The van der Waals surface area contributed by atoms with Crippen LogP contribution in [0.5, 0.6) is 0 Å². The third-order valence-electron chi connectivity index (χ3n) is 6.90. The predicted molar refractivity (Wildman–Crippen MR) is 136 cm³/mol. The van der Waals surface area contributed by atoms with Gasteiger partial charge in [-0.2, -0.15) is 0 Å². The summed E-state index contributed by atoms with van der Waals surface area (Å²) in [6, 6.07) is 0. The van der Waals surface area contributed by atoms with Gasteiger partial charge in [-0.1, -0.05) is 181 Å². The highest BCUT2D eigenvalue weighted by molar-refractivity contribution is 4.62. The van der Waals surface area contributed by atoms with E-state index in [1.54, 1.807) is 0 Å². The molecule has 29 heavy (non-hydrogen) atoms. The number of unbranched alkanes of at least 4 members (excludes halogenated alkanes) is 19. The minimum absolute atomic E-state index is 1.04. The molecule has 176 valence electrons. The standard InChI is InChI=1S/C29H60/c1-4-7-10-13-14-15-16-17-18-19-20-22-25-28-29(26-23-12-9-6-3)27-24-21-11-8-5-2/h29H,4-28H2,1-3H3/t29-/m1/s1. The van der Waals surface area contributed by atoms with E-state index in [0.29, 0.717) is 0 Å². The van der Waals surface area contributed by atoms with Crippen LogP contribution in [0.25, 0.3) is 0 Å². The Labute approximate surface area is 187 Å². The fourth-order valence-corrected chi connectivity index (χ4v) is 4.78. The number of hydrogen-bond donors (Lipinski definition) is 0. The van der Waals surface area contributed by atoms with Crippen LogP contribution in [0.3, 0.4) is 0 Å². The fourth-order valence-electron chi connectivity index (χ4n) is 4.78. The fraction of sp³-hybridized carbons (Fsp3) is 1.00. The summed E-state index contributed by atoms with van der Waals surface area (Å²) in [5, 5.41) is 0. The van der Waals surface area contributed by atoms with E-state index < -0.39 is 0 Å². The third-order valence-corrected chi connectivity index (χ3v) is 6.90. The molecule has 0 rings (SSSR count). The maximum absolute atomic E-state index is 2.33. The monoisotopic (exact) mass is 408 g/mol. The Balaban J connectivity index is 3.56. The highest BCUT2D eigenvalue weighted by atomic mass is 14.1. The molecule has 0 spiro atoms. The van der Waals surface area contributed by atoms with Gasteiger partial charge in [0.2, 0.25) is 0 Å². The lowest BCUT2D eigenvalue weighted by Gasteiger charge is -2.17. The topological polar surface area (TPSA) is 0 Å². The normalized spacial score (nSPS) is 12.5. The van der Waals surface area contributed by atoms with Crippen molar-refractivity contribution in [1.29, 1.82) is 0 Å². The van der Waals surface area contributed by atoms with E-state index in [-0.39, 0.29) is 0 Å². The van der Waals surface area contributed by atoms with Gasteiger partial charge in [-0.3, -0.25) is 0 Å². The van der Waals surface area contributed by atoms with Crippen molar-refractivity contribution in [2.45, 2.75) is 181 Å². The first-order chi connectivity index (χ1) is 14.3. The molecular formula is C29H60. The van der Waals surface area contributed by atoms with Gasteiger partial charge in [-0.15, -0.1) is 0 Å². The molecule has 0 saturated heterocycles. The van der Waals surface area contributed by atoms with Crippen molar-refractivity contribution < 1.29 is 0 Å². The average Bonchev–Trinajstić information content (AvgIpc) is 2.73. The van der Waals surface area contributed by atoms with Crippen LogP contribution in [0.2, 0.25) is 0 Å². The molecule has 0 amide bonds. The van der Waals surface area contributed by atoms with Crippen LogP contribution in [0, 0.1) is 5.92 Å². The van der Waals surface area contributed by atoms with E-state index in [4.69, 9.17) is 0 Å². The number of rotatable bonds is 25. The van der Waals surface area contributed by atoms with E-state index in [1.165, 1.54) is 161 Å². The molecule has 0 fully saturated rings. The Morgan fingerprint density at radius 3 is 0.759 bits per heavy atom. The molecule has 0 aromatic heterocycles. The minimum Gasteiger partial charge on any atom is -0.0654 e. The molecule has 0 aromatic rings. The molecule has 0 bridgehead atoms. The first kappa shape index (κ1) is 29.0. The quantitative estimate of drug-likeness (QED) is 0.132. The lowest BCUT2D eigenvalue weighted by atomic mass is 9.89. The molecular weight excluding hydrogens is 348 g/mol. The summed E-state index contributed by atoms with van der Waals surface area (Å²) in [6.45, 7) is 6.96. The van der Waals surface area contributed by atoms with E-state index in [0.717, 1.165) is 5.92 Å². The van der Waals surface area contributed by atoms with Crippen molar-refractivity contribution >= 4 is 0 Å². The molecule has 0 N–H and O–H groups in total. The minimum atomic E-state index is 1.04. The average molecular weight is 409 g/mol. The van der Waals surface area contributed by atoms with Crippen molar-refractivity contribution in [3.8, 4) is 0 Å². The summed E-state index contributed by atoms with van der Waals surface area (Å²) in [4.78, 5) is 0. The van der Waals surface area contributed by atoms with E-state index in [9.17, 15) is 0 Å². The van der Waals surface area contributed by atoms with Crippen molar-refractivity contribution in [3.05, 3.63) is 0 Å². The van der Waals surface area contributed by atoms with Crippen LogP contribution in [0.4, 0.5) is 0 Å². The summed E-state index contributed by atoms with van der Waals surface area (Å²) in [5.41, 5.74) is 0. The Morgan fingerprint density at radius 1 is 0.276 bits per heavy atom. The van der Waals surface area contributed by atoms with Gasteiger partial charge in [0, 0.05) is 0 Å². The van der Waals surface area contributed by atoms with E-state index in [1.807, 2.05) is 0 Å². The Bertz CT molecular complexity index is 269. The van der Waals surface area contributed by atoms with Gasteiger partial charge < -0.3 is 0 Å². The summed E-state index contributed by atoms with van der Waals surface area (Å²) in [7, 11) is 0. The largest absolute Gasteiger partial charge is 0.0654 e. The molecule has 0 aliphatic carbocycles. The van der Waals surface area contributed by atoms with Crippen LogP contribution >= 0.6 is 0 Å². The Kier molecular flexibility index (Phi) is 26.0. The van der Waals surface area contributed by atoms with Crippen molar-refractivity contribution in [2.75, 3.05) is 0 Å². The maximum Gasteiger partial charge on any atom is -0.0414 e. The van der Waals surface area contributed by atoms with Crippen LogP contribution in [-0.2, 0) is 0 Å². The predicted octanol–water partition coefficient (Wildman–Crippen LogP) is 11.4. The molecule has 0 nitrogen and oxygen atoms in total. The summed E-state index contributed by atoms with van der Waals surface area (Å²) < 4.78 is 0. The molecule has 0 aliphatic rings. The smallest absolute Gasteiger partial charge is 0.0414 e. The highest BCUT2D eigenvalue weighted by Crippen LogP contribution is 2.24. The van der Waals surface area contributed by atoms with Gasteiger partial charge in [0.1, 0.15) is 0 Å². The van der Waals surface area contributed by atoms with Gasteiger partial charge in [0.25, 0.3) is 0 Å². The van der Waals surface area contributed by atoms with Crippen LogP contribution in [0.1, 0.15) is 181 Å². The van der Waals surface area contributed by atoms with Crippen LogP contribution < -0.4 is 0 Å². The van der Waals surface area contributed by atoms with Gasteiger partial charge in [0.05, 0.1) is 0 Å². The second-order valence-corrected chi connectivity index (χ2v) is 9.95. The molecule has 0 aromatic carbocycles. The van der Waals surface area contributed by atoms with Crippen LogP contribution in [0.15, 0.2) is 0 Å². The van der Waals surface area contributed by atoms with Crippen molar-refractivity contribution in [1.82, 2.24) is 0 Å². The van der Waals surface area contributed by atoms with Crippen LogP contribution in [-0.4, -0.2) is 0 Å². The lowest BCUT2D eigenvalue weighted by molar-refractivity contribution is 0.366. The zero-order valence-electron chi connectivity index (χ0n) is 21.3. The number of hydrogen-bond acceptors (Lipinski definition) is 0. The van der Waals surface area contributed by atoms with Gasteiger partial charge in [0.15, 0.2) is 0 Å². The van der Waals surface area contributed by atoms with E-state index >= 15 is 0 Å². The SMILES string of the molecule is CCCCCCCCCCCCCCC[C@H](CCCCCC)CCCCCCC. The molecule has 0 unspecified atom stereocenters. The van der Waals surface area contributed by atoms with E-state index in [2.05, 4.69) is 20.8 Å². The second kappa shape index (κ2) is 26.0. The summed E-state index contributed by atoms with van der Waals surface area (Å²) in [6.07, 6.45) is 36.8. The summed E-state index contributed by atoms with van der Waals surface area (Å²) >= 11 is 0. The third kappa shape index (κ3) is 24.1. The van der Waals surface area contributed by atoms with Gasteiger partial charge in [-0.25, -0.2) is 0 Å². The maximum atomic E-state index is 2.33. The molecule has 1 atom stereocenters.